The first-order valence-electron chi connectivity index (χ1n) is 17.3. The molecule has 4 saturated carbocycles. The molecule has 2 aromatic carbocycles. The van der Waals surface area contributed by atoms with Crippen LogP contribution in [0.2, 0.25) is 0 Å². The maximum Gasteiger partial charge on any atom is 0.273 e. The van der Waals surface area contributed by atoms with Gasteiger partial charge in [-0.1, -0.05) is 60.7 Å². The van der Waals surface area contributed by atoms with E-state index in [9.17, 15) is 19.8 Å². The van der Waals surface area contributed by atoms with Crippen molar-refractivity contribution in [1.82, 2.24) is 20.6 Å². The first-order chi connectivity index (χ1) is 23.3. The third kappa shape index (κ3) is 6.28. The summed E-state index contributed by atoms with van der Waals surface area (Å²) >= 11 is 0. The molecule has 8 rings (SSSR count). The van der Waals surface area contributed by atoms with Crippen LogP contribution in [0.5, 0.6) is 11.5 Å². The minimum Gasteiger partial charge on any atom is -0.505 e. The zero-order valence-electron chi connectivity index (χ0n) is 27.5. The van der Waals surface area contributed by atoms with E-state index in [0.29, 0.717) is 46.6 Å². The number of benzene rings is 2. The number of fused-ring (bicyclic) bond motifs is 4. The van der Waals surface area contributed by atoms with Gasteiger partial charge in [0.25, 0.3) is 11.8 Å². The number of aryl methyl sites for hydroxylation is 2. The summed E-state index contributed by atoms with van der Waals surface area (Å²) in [4.78, 5) is 33.2. The molecule has 4 aromatic rings. The van der Waals surface area contributed by atoms with Crippen molar-refractivity contribution in [2.75, 3.05) is 0 Å². The minimum atomic E-state index is -0.263. The van der Waals surface area contributed by atoms with Crippen molar-refractivity contribution in [2.45, 2.75) is 76.3 Å². The van der Waals surface area contributed by atoms with Gasteiger partial charge in [0.2, 0.25) is 0 Å². The van der Waals surface area contributed by atoms with Crippen molar-refractivity contribution in [3.05, 3.63) is 119 Å². The van der Waals surface area contributed by atoms with Gasteiger partial charge in [0.05, 0.1) is 0 Å². The smallest absolute Gasteiger partial charge is 0.273 e. The van der Waals surface area contributed by atoms with E-state index in [1.54, 1.807) is 38.4 Å². The number of amides is 2. The number of nitrogens with zero attached hydrogens (tertiary/aromatic N) is 2. The van der Waals surface area contributed by atoms with Crippen LogP contribution in [-0.2, 0) is 0 Å². The first-order valence-corrected chi connectivity index (χ1v) is 17.3. The van der Waals surface area contributed by atoms with Gasteiger partial charge in [-0.2, -0.15) is 0 Å². The summed E-state index contributed by atoms with van der Waals surface area (Å²) in [5, 5.41) is 26.4. The quantitative estimate of drug-likeness (QED) is 0.183. The molecule has 0 spiro atoms. The maximum atomic E-state index is 12.6. The SMILES string of the molecule is Cc1ccnc(C(=O)N[C@@H]2CC3CC2[C@@H](c2ccccc2)C3)c1O.Cc1ccnc(C(=O)N[C@@H]2CC3CC2[C@@H](c2ccccc2)C3)c1O. The fraction of sp³-hybridized carbons (Fsp3) is 0.400. The predicted molar refractivity (Wildman–Crippen MR) is 184 cm³/mol. The number of rotatable bonds is 6. The summed E-state index contributed by atoms with van der Waals surface area (Å²) in [6, 6.07) is 25.0. The lowest BCUT2D eigenvalue weighted by atomic mass is 9.80. The van der Waals surface area contributed by atoms with E-state index in [1.807, 2.05) is 12.1 Å². The largest absolute Gasteiger partial charge is 0.505 e. The Labute approximate surface area is 282 Å². The molecule has 8 heteroatoms. The molecule has 4 unspecified atom stereocenters. The van der Waals surface area contributed by atoms with Gasteiger partial charge in [0, 0.05) is 24.5 Å². The molecule has 4 aliphatic rings. The van der Waals surface area contributed by atoms with Gasteiger partial charge >= 0.3 is 0 Å². The van der Waals surface area contributed by atoms with E-state index < -0.39 is 0 Å². The van der Waals surface area contributed by atoms with Crippen molar-refractivity contribution < 1.29 is 19.8 Å². The molecular weight excluding hydrogens is 600 g/mol. The van der Waals surface area contributed by atoms with E-state index in [0.717, 1.165) is 12.8 Å². The number of hydrogen-bond donors (Lipinski definition) is 4. The Bertz CT molecular complexity index is 1650. The summed E-state index contributed by atoms with van der Waals surface area (Å²) in [6.45, 7) is 3.55. The Morgan fingerprint density at radius 1 is 0.583 bits per heavy atom. The minimum absolute atomic E-state index is 0.0160. The lowest BCUT2D eigenvalue weighted by Crippen LogP contribution is -2.41. The van der Waals surface area contributed by atoms with Crippen molar-refractivity contribution in [2.24, 2.45) is 23.7 Å². The number of aromatic hydroxyl groups is 2. The van der Waals surface area contributed by atoms with Crippen LogP contribution in [0.4, 0.5) is 0 Å². The molecule has 248 valence electrons. The number of carbonyl (C=O) groups is 2. The van der Waals surface area contributed by atoms with Crippen molar-refractivity contribution >= 4 is 11.8 Å². The molecule has 4 aliphatic carbocycles. The van der Waals surface area contributed by atoms with Crippen LogP contribution in [0.25, 0.3) is 0 Å². The van der Waals surface area contributed by atoms with Crippen molar-refractivity contribution in [1.29, 1.82) is 0 Å². The number of carbonyl (C=O) groups excluding carboxylic acids is 2. The molecule has 48 heavy (non-hydrogen) atoms. The average molecular weight is 645 g/mol. The molecule has 8 nitrogen and oxygen atoms in total. The highest BCUT2D eigenvalue weighted by Crippen LogP contribution is 2.54. The van der Waals surface area contributed by atoms with Crippen LogP contribution >= 0.6 is 0 Å². The normalized spacial score (nSPS) is 28.0. The Kier molecular flexibility index (Phi) is 8.90. The number of pyridine rings is 2. The lowest BCUT2D eigenvalue weighted by Gasteiger charge is -2.30. The van der Waals surface area contributed by atoms with Crippen LogP contribution in [0, 0.1) is 37.5 Å². The second-order valence-corrected chi connectivity index (χ2v) is 14.3. The zero-order chi connectivity index (χ0) is 33.4. The molecule has 0 saturated heterocycles. The molecule has 4 fully saturated rings. The van der Waals surface area contributed by atoms with Crippen molar-refractivity contribution in [3.8, 4) is 11.5 Å². The molecule has 8 atom stereocenters. The van der Waals surface area contributed by atoms with Gasteiger partial charge in [-0.15, -0.1) is 0 Å². The second-order valence-electron chi connectivity index (χ2n) is 14.3. The van der Waals surface area contributed by atoms with Crippen molar-refractivity contribution in [3.63, 3.8) is 0 Å². The summed E-state index contributed by atoms with van der Waals surface area (Å²) in [5.41, 5.74) is 4.36. The molecule has 2 aromatic heterocycles. The van der Waals surface area contributed by atoms with Crippen LogP contribution in [0.1, 0.15) is 93.6 Å². The van der Waals surface area contributed by atoms with E-state index in [1.165, 1.54) is 36.8 Å². The average Bonchev–Trinajstić information content (AvgIpc) is 3.90. The molecule has 4 bridgehead atoms. The molecule has 4 N–H and O–H groups in total. The third-order valence-corrected chi connectivity index (χ3v) is 11.4. The van der Waals surface area contributed by atoms with E-state index in [4.69, 9.17) is 0 Å². The third-order valence-electron chi connectivity index (χ3n) is 11.4. The molecule has 0 radical (unpaired) electrons. The van der Waals surface area contributed by atoms with Gasteiger partial charge in [-0.05, 0) is 122 Å². The first kappa shape index (κ1) is 31.9. The maximum absolute atomic E-state index is 12.6. The van der Waals surface area contributed by atoms with Gasteiger partial charge in [-0.25, -0.2) is 9.97 Å². The Balaban J connectivity index is 0.000000152. The highest BCUT2D eigenvalue weighted by molar-refractivity contribution is 5.96. The molecule has 2 amide bonds. The van der Waals surface area contributed by atoms with E-state index in [-0.39, 0.29) is 46.8 Å². The highest BCUT2D eigenvalue weighted by atomic mass is 16.3. The summed E-state index contributed by atoms with van der Waals surface area (Å²) in [5.74, 6) is 2.82. The molecule has 0 aliphatic heterocycles. The lowest BCUT2D eigenvalue weighted by molar-refractivity contribution is 0.0902. The summed E-state index contributed by atoms with van der Waals surface area (Å²) in [7, 11) is 0. The summed E-state index contributed by atoms with van der Waals surface area (Å²) in [6.07, 6.45) is 9.99. The van der Waals surface area contributed by atoms with E-state index >= 15 is 0 Å². The number of aromatic nitrogens is 2. The fourth-order valence-electron chi connectivity index (χ4n) is 9.11. The Morgan fingerprint density at radius 2 is 0.979 bits per heavy atom. The number of hydrogen-bond acceptors (Lipinski definition) is 6. The van der Waals surface area contributed by atoms with Gasteiger partial charge < -0.3 is 20.8 Å². The standard InChI is InChI=1S/2C20H22N2O2/c2*1-12-7-8-21-18(19(12)23)20(24)22-17-11-13-9-15(16(17)10-13)14-5-3-2-4-6-14/h2*2-8,13,15-17,23H,9-11H2,1H3,(H,22,24)/t2*13?,15-,16?,17-/m11/s1. The fourth-order valence-corrected chi connectivity index (χ4v) is 9.11. The van der Waals surface area contributed by atoms with Crippen LogP contribution < -0.4 is 10.6 Å². The Hall–Kier alpha value is -4.72. The zero-order valence-corrected chi connectivity index (χ0v) is 27.5. The second kappa shape index (κ2) is 13.4. The van der Waals surface area contributed by atoms with Crippen LogP contribution in [-0.4, -0.2) is 44.1 Å². The van der Waals surface area contributed by atoms with Gasteiger partial charge in [-0.3, -0.25) is 9.59 Å². The highest BCUT2D eigenvalue weighted by Gasteiger charge is 2.48. The molecule has 2 heterocycles. The van der Waals surface area contributed by atoms with E-state index in [2.05, 4.69) is 69.1 Å². The van der Waals surface area contributed by atoms with Gasteiger partial charge in [0.1, 0.15) is 11.5 Å². The monoisotopic (exact) mass is 644 g/mol. The van der Waals surface area contributed by atoms with Crippen LogP contribution in [0.15, 0.2) is 85.2 Å². The topological polar surface area (TPSA) is 124 Å². The predicted octanol–water partition coefficient (Wildman–Crippen LogP) is 6.82. The van der Waals surface area contributed by atoms with Gasteiger partial charge in [0.15, 0.2) is 11.4 Å². The Morgan fingerprint density at radius 3 is 1.35 bits per heavy atom. The van der Waals surface area contributed by atoms with Crippen LogP contribution in [0.3, 0.4) is 0 Å². The molecular formula is C40H44N4O4. The number of nitrogens with one attached hydrogen (secondary N) is 2. The summed E-state index contributed by atoms with van der Waals surface area (Å²) < 4.78 is 0.